The number of nitrogens with two attached hydrogens (primary N) is 1. The van der Waals surface area contributed by atoms with Crippen LogP contribution >= 0.6 is 23.2 Å². The standard InChI is InChI=1S/C18H13Cl2N7O2/c19-11-5-3-4-10(15(11)20)8-22-24-14(28)9-27-13-7-2-1-6-12(13)23-18(27)16-17(21)26-29-25-16/h1-8H,9H2,(H2,21,26)(H,24,28)/b22-8-. The van der Waals surface area contributed by atoms with Crippen molar-refractivity contribution in [1.29, 1.82) is 0 Å². The van der Waals surface area contributed by atoms with Crippen molar-refractivity contribution in [3.05, 3.63) is 58.1 Å². The fourth-order valence-electron chi connectivity index (χ4n) is 2.74. The quantitative estimate of drug-likeness (QED) is 0.370. The molecule has 0 radical (unpaired) electrons. The van der Waals surface area contributed by atoms with Crippen LogP contribution in [0, 0.1) is 0 Å². The summed E-state index contributed by atoms with van der Waals surface area (Å²) in [4.78, 5) is 17.0. The van der Waals surface area contributed by atoms with E-state index in [1.807, 2.05) is 24.3 Å². The molecule has 0 atom stereocenters. The van der Waals surface area contributed by atoms with Crippen LogP contribution in [0.1, 0.15) is 5.56 Å². The molecular formula is C18H13Cl2N7O2. The number of rotatable bonds is 5. The van der Waals surface area contributed by atoms with E-state index < -0.39 is 0 Å². The zero-order valence-electron chi connectivity index (χ0n) is 14.7. The van der Waals surface area contributed by atoms with Gasteiger partial charge in [0.1, 0.15) is 6.54 Å². The zero-order valence-corrected chi connectivity index (χ0v) is 16.2. The van der Waals surface area contributed by atoms with Crippen LogP contribution in [0.25, 0.3) is 22.6 Å². The molecule has 1 amide bonds. The monoisotopic (exact) mass is 429 g/mol. The molecule has 0 unspecified atom stereocenters. The molecule has 146 valence electrons. The third kappa shape index (κ3) is 3.78. The topological polar surface area (TPSA) is 124 Å². The van der Waals surface area contributed by atoms with E-state index in [9.17, 15) is 4.79 Å². The van der Waals surface area contributed by atoms with Crippen LogP contribution in [-0.2, 0) is 11.3 Å². The van der Waals surface area contributed by atoms with Gasteiger partial charge in [-0.25, -0.2) is 15.0 Å². The summed E-state index contributed by atoms with van der Waals surface area (Å²) < 4.78 is 6.32. The summed E-state index contributed by atoms with van der Waals surface area (Å²) in [6, 6.07) is 12.5. The number of anilines is 1. The molecule has 0 aliphatic rings. The third-order valence-corrected chi connectivity index (χ3v) is 4.89. The van der Waals surface area contributed by atoms with E-state index in [2.05, 4.69) is 30.5 Å². The molecule has 29 heavy (non-hydrogen) atoms. The summed E-state index contributed by atoms with van der Waals surface area (Å²) >= 11 is 12.1. The van der Waals surface area contributed by atoms with Gasteiger partial charge in [0.05, 0.1) is 27.3 Å². The van der Waals surface area contributed by atoms with Gasteiger partial charge in [-0.3, -0.25) is 4.79 Å². The summed E-state index contributed by atoms with van der Waals surface area (Å²) in [6.45, 7) is -0.0806. The minimum atomic E-state index is -0.390. The lowest BCUT2D eigenvalue weighted by Gasteiger charge is -2.06. The molecule has 2 aromatic carbocycles. The van der Waals surface area contributed by atoms with Crippen LogP contribution in [0.2, 0.25) is 10.0 Å². The molecule has 2 aromatic heterocycles. The Labute approximate surface area is 174 Å². The Morgan fingerprint density at radius 3 is 2.83 bits per heavy atom. The highest BCUT2D eigenvalue weighted by Gasteiger charge is 2.20. The maximum atomic E-state index is 12.5. The number of halogens is 2. The number of carbonyl (C=O) groups is 1. The summed E-state index contributed by atoms with van der Waals surface area (Å²) in [6.07, 6.45) is 1.42. The van der Waals surface area contributed by atoms with E-state index in [1.54, 1.807) is 22.8 Å². The molecule has 0 fully saturated rings. The first-order valence-corrected chi connectivity index (χ1v) is 9.10. The summed E-state index contributed by atoms with van der Waals surface area (Å²) in [5.74, 6) is 0.0522. The first kappa shape index (κ1) is 18.9. The third-order valence-electron chi connectivity index (χ3n) is 4.06. The summed E-state index contributed by atoms with van der Waals surface area (Å²) in [5, 5.41) is 12.0. The molecule has 0 aliphatic heterocycles. The van der Waals surface area contributed by atoms with Gasteiger partial charge in [-0.05, 0) is 28.5 Å². The SMILES string of the molecule is Nc1nonc1-c1nc2ccccc2n1CC(=O)N/N=C\c1cccc(Cl)c1Cl. The van der Waals surface area contributed by atoms with Crippen molar-refractivity contribution in [3.63, 3.8) is 0 Å². The van der Waals surface area contributed by atoms with Gasteiger partial charge in [-0.1, -0.05) is 47.5 Å². The molecule has 3 N–H and O–H groups in total. The Morgan fingerprint density at radius 2 is 2.03 bits per heavy atom. The van der Waals surface area contributed by atoms with Gasteiger partial charge >= 0.3 is 0 Å². The van der Waals surface area contributed by atoms with Crippen molar-refractivity contribution in [3.8, 4) is 11.5 Å². The highest BCUT2D eigenvalue weighted by molar-refractivity contribution is 6.43. The summed E-state index contributed by atoms with van der Waals surface area (Å²) in [7, 11) is 0. The minimum Gasteiger partial charge on any atom is -0.379 e. The van der Waals surface area contributed by atoms with Crippen LogP contribution in [-0.4, -0.2) is 32.0 Å². The second kappa shape index (κ2) is 7.90. The lowest BCUT2D eigenvalue weighted by atomic mass is 10.2. The number of carbonyl (C=O) groups excluding carboxylic acids is 1. The van der Waals surface area contributed by atoms with Gasteiger partial charge in [-0.2, -0.15) is 5.10 Å². The largest absolute Gasteiger partial charge is 0.379 e. The van der Waals surface area contributed by atoms with E-state index in [1.165, 1.54) is 6.21 Å². The van der Waals surface area contributed by atoms with Crippen molar-refractivity contribution in [2.75, 3.05) is 5.73 Å². The molecular weight excluding hydrogens is 417 g/mol. The number of nitrogens with one attached hydrogen (secondary N) is 1. The molecule has 11 heteroatoms. The van der Waals surface area contributed by atoms with Gasteiger partial charge in [0.15, 0.2) is 17.3 Å². The van der Waals surface area contributed by atoms with Crippen LogP contribution in [0.15, 0.2) is 52.2 Å². The average Bonchev–Trinajstić information content (AvgIpc) is 3.28. The number of nitrogen functional groups attached to an aromatic ring is 1. The average molecular weight is 430 g/mol. The molecule has 0 saturated heterocycles. The molecule has 4 aromatic rings. The second-order valence-corrected chi connectivity index (χ2v) is 6.73. The second-order valence-electron chi connectivity index (χ2n) is 5.94. The fraction of sp³-hybridized carbons (Fsp3) is 0.0556. The lowest BCUT2D eigenvalue weighted by Crippen LogP contribution is -2.23. The predicted octanol–water partition coefficient (Wildman–Crippen LogP) is 3.13. The van der Waals surface area contributed by atoms with Crippen LogP contribution < -0.4 is 11.2 Å². The first-order chi connectivity index (χ1) is 14.0. The predicted molar refractivity (Wildman–Crippen MR) is 110 cm³/mol. The number of hydrogen-bond donors (Lipinski definition) is 2. The van der Waals surface area contributed by atoms with Crippen LogP contribution in [0.4, 0.5) is 5.82 Å². The van der Waals surface area contributed by atoms with Gasteiger partial charge < -0.3 is 10.3 Å². The Hall–Kier alpha value is -3.43. The Bertz CT molecular complexity index is 1230. The van der Waals surface area contributed by atoms with Crippen LogP contribution in [0.3, 0.4) is 0 Å². The number of benzene rings is 2. The number of para-hydroxylation sites is 2. The fourth-order valence-corrected chi connectivity index (χ4v) is 3.10. The van der Waals surface area contributed by atoms with E-state index in [4.69, 9.17) is 28.9 Å². The number of imidazole rings is 1. The molecule has 0 spiro atoms. The van der Waals surface area contributed by atoms with E-state index in [0.29, 0.717) is 26.9 Å². The van der Waals surface area contributed by atoms with Gasteiger partial charge in [-0.15, -0.1) is 0 Å². The Morgan fingerprint density at radius 1 is 1.21 bits per heavy atom. The number of fused-ring (bicyclic) bond motifs is 1. The van der Waals surface area contributed by atoms with Gasteiger partial charge in [0.2, 0.25) is 0 Å². The maximum absolute atomic E-state index is 12.5. The van der Waals surface area contributed by atoms with Crippen molar-refractivity contribution < 1.29 is 9.42 Å². The van der Waals surface area contributed by atoms with Crippen molar-refractivity contribution >= 4 is 52.2 Å². The highest BCUT2D eigenvalue weighted by Crippen LogP contribution is 2.26. The Kier molecular flexibility index (Phi) is 5.15. The minimum absolute atomic E-state index is 0.0792. The molecule has 0 bridgehead atoms. The van der Waals surface area contributed by atoms with Gasteiger partial charge in [0, 0.05) is 5.56 Å². The number of nitrogens with zero attached hydrogens (tertiary/aromatic N) is 5. The molecule has 9 nitrogen and oxygen atoms in total. The van der Waals surface area contributed by atoms with Crippen LogP contribution in [0.5, 0.6) is 0 Å². The van der Waals surface area contributed by atoms with Crippen molar-refractivity contribution in [2.24, 2.45) is 5.10 Å². The van der Waals surface area contributed by atoms with E-state index in [0.717, 1.165) is 5.52 Å². The summed E-state index contributed by atoms with van der Waals surface area (Å²) in [5.41, 5.74) is 10.5. The number of hydrazone groups is 1. The van der Waals surface area contributed by atoms with E-state index >= 15 is 0 Å². The normalized spacial score (nSPS) is 11.4. The number of amides is 1. The zero-order chi connectivity index (χ0) is 20.4. The number of aromatic nitrogens is 4. The molecule has 4 rings (SSSR count). The number of hydrogen-bond acceptors (Lipinski definition) is 7. The molecule has 2 heterocycles. The molecule has 0 aliphatic carbocycles. The first-order valence-electron chi connectivity index (χ1n) is 8.34. The smallest absolute Gasteiger partial charge is 0.260 e. The highest BCUT2D eigenvalue weighted by atomic mass is 35.5. The van der Waals surface area contributed by atoms with Gasteiger partial charge in [0.25, 0.3) is 5.91 Å². The molecule has 0 saturated carbocycles. The maximum Gasteiger partial charge on any atom is 0.260 e. The van der Waals surface area contributed by atoms with E-state index in [-0.39, 0.29) is 24.0 Å². The van der Waals surface area contributed by atoms with Crippen molar-refractivity contribution in [1.82, 2.24) is 25.3 Å². The lowest BCUT2D eigenvalue weighted by molar-refractivity contribution is -0.121. The van der Waals surface area contributed by atoms with Crippen molar-refractivity contribution in [2.45, 2.75) is 6.54 Å². The Balaban J connectivity index is 1.59.